The van der Waals surface area contributed by atoms with E-state index < -0.39 is 30.2 Å². The molecule has 1 atom stereocenters. The molecular formula is C7H12N2O5. The van der Waals surface area contributed by atoms with Crippen LogP contribution >= 0.6 is 0 Å². The van der Waals surface area contributed by atoms with Gasteiger partial charge in [-0.15, -0.1) is 0 Å². The first-order valence-corrected chi connectivity index (χ1v) is 3.76. The lowest BCUT2D eigenvalue weighted by atomic mass is 10.2. The van der Waals surface area contributed by atoms with Crippen molar-refractivity contribution in [3.05, 3.63) is 0 Å². The third-order valence-corrected chi connectivity index (χ3v) is 1.31. The van der Waals surface area contributed by atoms with Crippen LogP contribution < -0.4 is 11.1 Å². The standard InChI is InChI=1S/C7H12N2O5/c1-14-3-6(11)9-4(7(12)13)2-5(8)10/h4H,2-3H2,1H3,(H2,8,10)(H,9,11)(H,12,13). The van der Waals surface area contributed by atoms with Crippen molar-refractivity contribution in [1.29, 1.82) is 0 Å². The molecule has 0 aromatic heterocycles. The van der Waals surface area contributed by atoms with Crippen molar-refractivity contribution in [2.24, 2.45) is 5.73 Å². The number of carboxylic acid groups (broad SMARTS) is 1. The van der Waals surface area contributed by atoms with Crippen molar-refractivity contribution < 1.29 is 24.2 Å². The largest absolute Gasteiger partial charge is 0.480 e. The zero-order chi connectivity index (χ0) is 11.1. The van der Waals surface area contributed by atoms with Gasteiger partial charge in [0.05, 0.1) is 6.42 Å². The maximum Gasteiger partial charge on any atom is 0.326 e. The van der Waals surface area contributed by atoms with Gasteiger partial charge in [0.25, 0.3) is 0 Å². The number of ether oxygens (including phenoxy) is 1. The van der Waals surface area contributed by atoms with E-state index in [1.807, 2.05) is 0 Å². The van der Waals surface area contributed by atoms with Crippen molar-refractivity contribution >= 4 is 17.8 Å². The number of methoxy groups -OCH3 is 1. The third-order valence-electron chi connectivity index (χ3n) is 1.31. The minimum atomic E-state index is -1.31. The smallest absolute Gasteiger partial charge is 0.326 e. The quantitative estimate of drug-likeness (QED) is 0.466. The Morgan fingerprint density at radius 3 is 2.43 bits per heavy atom. The van der Waals surface area contributed by atoms with Crippen LogP contribution in [0.3, 0.4) is 0 Å². The number of carbonyl (C=O) groups excluding carboxylic acids is 2. The van der Waals surface area contributed by atoms with Crippen molar-refractivity contribution in [1.82, 2.24) is 5.32 Å². The summed E-state index contributed by atoms with van der Waals surface area (Å²) in [6, 6.07) is -1.30. The Morgan fingerprint density at radius 1 is 1.50 bits per heavy atom. The zero-order valence-electron chi connectivity index (χ0n) is 7.65. The Kier molecular flexibility index (Phi) is 5.23. The predicted octanol–water partition coefficient (Wildman–Crippen LogP) is -1.92. The topological polar surface area (TPSA) is 119 Å². The molecule has 4 N–H and O–H groups in total. The Morgan fingerprint density at radius 2 is 2.07 bits per heavy atom. The van der Waals surface area contributed by atoms with Crippen molar-refractivity contribution in [2.75, 3.05) is 13.7 Å². The molecule has 0 saturated heterocycles. The molecule has 0 aromatic carbocycles. The summed E-state index contributed by atoms with van der Waals surface area (Å²) in [6.07, 6.45) is -0.440. The summed E-state index contributed by atoms with van der Waals surface area (Å²) in [4.78, 5) is 31.8. The number of carbonyl (C=O) groups is 3. The van der Waals surface area contributed by atoms with Crippen LogP contribution in [0.15, 0.2) is 0 Å². The van der Waals surface area contributed by atoms with Crippen LogP contribution in [-0.4, -0.2) is 42.6 Å². The molecule has 80 valence electrons. The number of amides is 2. The fraction of sp³-hybridized carbons (Fsp3) is 0.571. The first kappa shape index (κ1) is 12.4. The van der Waals surface area contributed by atoms with Crippen LogP contribution in [0.1, 0.15) is 6.42 Å². The summed E-state index contributed by atoms with van der Waals surface area (Å²) in [5.74, 6) is -2.72. The number of hydrogen-bond donors (Lipinski definition) is 3. The van der Waals surface area contributed by atoms with E-state index in [-0.39, 0.29) is 6.61 Å². The van der Waals surface area contributed by atoms with Crippen molar-refractivity contribution in [3.63, 3.8) is 0 Å². The van der Waals surface area contributed by atoms with E-state index in [1.54, 1.807) is 0 Å². The molecule has 0 fully saturated rings. The third kappa shape index (κ3) is 5.09. The first-order chi connectivity index (χ1) is 6.47. The van der Waals surface area contributed by atoms with Gasteiger partial charge in [-0.25, -0.2) is 4.79 Å². The summed E-state index contributed by atoms with van der Waals surface area (Å²) in [7, 11) is 1.30. The highest BCUT2D eigenvalue weighted by Gasteiger charge is 2.21. The first-order valence-electron chi connectivity index (χ1n) is 3.76. The van der Waals surface area contributed by atoms with Gasteiger partial charge in [0, 0.05) is 7.11 Å². The zero-order valence-corrected chi connectivity index (χ0v) is 7.65. The minimum absolute atomic E-state index is 0.261. The molecule has 7 nitrogen and oxygen atoms in total. The highest BCUT2D eigenvalue weighted by atomic mass is 16.5. The number of hydrogen-bond acceptors (Lipinski definition) is 4. The van der Waals surface area contributed by atoms with Crippen molar-refractivity contribution in [2.45, 2.75) is 12.5 Å². The number of aliphatic carboxylic acids is 1. The minimum Gasteiger partial charge on any atom is -0.480 e. The highest BCUT2D eigenvalue weighted by Crippen LogP contribution is 1.91. The average molecular weight is 204 g/mol. The lowest BCUT2D eigenvalue weighted by molar-refractivity contribution is -0.143. The molecule has 2 amide bonds. The van der Waals surface area contributed by atoms with E-state index in [9.17, 15) is 14.4 Å². The second-order valence-electron chi connectivity index (χ2n) is 2.56. The average Bonchev–Trinajstić information content (AvgIpc) is 2.02. The summed E-state index contributed by atoms with van der Waals surface area (Å²) >= 11 is 0. The molecule has 0 aliphatic heterocycles. The Bertz CT molecular complexity index is 240. The van der Waals surface area contributed by atoms with Crippen LogP contribution in [0.4, 0.5) is 0 Å². The molecule has 0 heterocycles. The summed E-state index contributed by atoms with van der Waals surface area (Å²) in [5.41, 5.74) is 4.80. The lowest BCUT2D eigenvalue weighted by Crippen LogP contribution is -2.44. The van der Waals surface area contributed by atoms with Gasteiger partial charge in [-0.1, -0.05) is 0 Å². The molecule has 0 radical (unpaired) electrons. The Hall–Kier alpha value is -1.63. The van der Waals surface area contributed by atoms with E-state index in [0.29, 0.717) is 0 Å². The van der Waals surface area contributed by atoms with Gasteiger partial charge < -0.3 is 20.9 Å². The SMILES string of the molecule is COCC(=O)NC(CC(N)=O)C(=O)O. The van der Waals surface area contributed by atoms with Crippen molar-refractivity contribution in [3.8, 4) is 0 Å². The van der Waals surface area contributed by atoms with Gasteiger partial charge in [-0.2, -0.15) is 0 Å². The van der Waals surface area contributed by atoms with Gasteiger partial charge in [0.15, 0.2) is 0 Å². The highest BCUT2D eigenvalue weighted by molar-refractivity contribution is 5.88. The molecular weight excluding hydrogens is 192 g/mol. The van der Waals surface area contributed by atoms with Crippen LogP contribution in [0.25, 0.3) is 0 Å². The summed E-state index contributed by atoms with van der Waals surface area (Å²) in [6.45, 7) is -0.261. The monoisotopic (exact) mass is 204 g/mol. The molecule has 0 bridgehead atoms. The number of carboxylic acids is 1. The molecule has 0 aliphatic rings. The molecule has 0 spiro atoms. The maximum absolute atomic E-state index is 10.9. The van der Waals surface area contributed by atoms with E-state index in [0.717, 1.165) is 0 Å². The van der Waals surface area contributed by atoms with E-state index >= 15 is 0 Å². The molecule has 14 heavy (non-hydrogen) atoms. The second-order valence-corrected chi connectivity index (χ2v) is 2.56. The van der Waals surface area contributed by atoms with Gasteiger partial charge in [0.1, 0.15) is 12.6 Å². The van der Waals surface area contributed by atoms with Gasteiger partial charge in [0.2, 0.25) is 11.8 Å². The molecule has 0 saturated carbocycles. The van der Waals surface area contributed by atoms with Crippen LogP contribution in [0, 0.1) is 0 Å². The van der Waals surface area contributed by atoms with Gasteiger partial charge in [-0.05, 0) is 0 Å². The van der Waals surface area contributed by atoms with E-state index in [1.165, 1.54) is 7.11 Å². The van der Waals surface area contributed by atoms with Gasteiger partial charge in [-0.3, -0.25) is 9.59 Å². The van der Waals surface area contributed by atoms with Crippen LogP contribution in [0.2, 0.25) is 0 Å². The second kappa shape index (κ2) is 5.92. The molecule has 0 aliphatic carbocycles. The number of nitrogens with one attached hydrogen (secondary N) is 1. The predicted molar refractivity (Wildman–Crippen MR) is 45.3 cm³/mol. The molecule has 0 aromatic rings. The fourth-order valence-electron chi connectivity index (χ4n) is 0.768. The summed E-state index contributed by atoms with van der Waals surface area (Å²) < 4.78 is 4.47. The van der Waals surface area contributed by atoms with E-state index in [4.69, 9.17) is 10.8 Å². The lowest BCUT2D eigenvalue weighted by Gasteiger charge is -2.11. The molecule has 1 unspecified atom stereocenters. The van der Waals surface area contributed by atoms with E-state index in [2.05, 4.69) is 10.1 Å². The number of rotatable bonds is 6. The van der Waals surface area contributed by atoms with Crippen LogP contribution in [0.5, 0.6) is 0 Å². The number of nitrogens with two attached hydrogens (primary N) is 1. The summed E-state index contributed by atoms with van der Waals surface area (Å²) in [5, 5.41) is 10.7. The van der Waals surface area contributed by atoms with Crippen LogP contribution in [-0.2, 0) is 19.1 Å². The Balaban J connectivity index is 4.16. The number of primary amides is 1. The maximum atomic E-state index is 10.9. The normalized spacial score (nSPS) is 11.8. The molecule has 7 heteroatoms. The molecule has 0 rings (SSSR count). The van der Waals surface area contributed by atoms with Gasteiger partial charge >= 0.3 is 5.97 Å². The Labute approximate surface area is 80.2 Å². The fourth-order valence-corrected chi connectivity index (χ4v) is 0.768.